The highest BCUT2D eigenvalue weighted by molar-refractivity contribution is 5.82. The van der Waals surface area contributed by atoms with E-state index in [1.54, 1.807) is 0 Å². The molecular formula is C27H31N3O2. The van der Waals surface area contributed by atoms with E-state index in [4.69, 9.17) is 10.5 Å². The number of carbonyl (C=O) groups is 1. The molecule has 0 radical (unpaired) electrons. The molecule has 166 valence electrons. The normalized spacial score (nSPS) is 15.9. The molecule has 1 heterocycles. The number of hydrogen-bond acceptors (Lipinski definition) is 4. The molecule has 0 saturated carbocycles. The number of ether oxygens (including phenoxy) is 1. The fraction of sp³-hybridized carbons (Fsp3) is 0.296. The zero-order valence-corrected chi connectivity index (χ0v) is 18.9. The average molecular weight is 430 g/mol. The van der Waals surface area contributed by atoms with E-state index in [0.717, 1.165) is 41.3 Å². The van der Waals surface area contributed by atoms with E-state index in [2.05, 4.69) is 43.5 Å². The number of carbonyl (C=O) groups excluding carboxylic acids is 1. The Labute approximate surface area is 190 Å². The maximum atomic E-state index is 13.0. The van der Waals surface area contributed by atoms with Gasteiger partial charge < -0.3 is 21.1 Å². The highest BCUT2D eigenvalue weighted by Crippen LogP contribution is 2.34. The van der Waals surface area contributed by atoms with Crippen LogP contribution in [0.5, 0.6) is 11.5 Å². The Morgan fingerprint density at radius 1 is 1.06 bits per heavy atom. The second-order valence-corrected chi connectivity index (χ2v) is 8.63. The van der Waals surface area contributed by atoms with Gasteiger partial charge in [-0.25, -0.2) is 0 Å². The van der Waals surface area contributed by atoms with Gasteiger partial charge in [-0.05, 0) is 80.6 Å². The number of anilines is 1. The SMILES string of the molecule is Cc1cc(C)c(C[C@H](N)C(=O)NC2CCNc3ccc(Oc4ccccc4)cc32)c(C)c1. The molecule has 0 aromatic heterocycles. The standard InChI is InChI=1S/C27H31N3O2/c1-17-13-18(2)22(19(3)14-17)16-24(28)27(31)30-26-11-12-29-25-10-9-21(15-23(25)26)32-20-7-5-4-6-8-20/h4-10,13-15,24,26,29H,11-12,16,28H2,1-3H3,(H,30,31)/t24-,26?/m0/s1. The Morgan fingerprint density at radius 3 is 2.50 bits per heavy atom. The number of benzene rings is 3. The maximum Gasteiger partial charge on any atom is 0.237 e. The Bertz CT molecular complexity index is 1090. The van der Waals surface area contributed by atoms with Crippen molar-refractivity contribution in [1.82, 2.24) is 5.32 Å². The first kappa shape index (κ1) is 21.9. The van der Waals surface area contributed by atoms with Crippen LogP contribution in [0.15, 0.2) is 60.7 Å². The molecule has 2 atom stereocenters. The molecule has 0 bridgehead atoms. The summed E-state index contributed by atoms with van der Waals surface area (Å²) in [6.07, 6.45) is 1.32. The van der Waals surface area contributed by atoms with Crippen molar-refractivity contribution in [2.45, 2.75) is 45.7 Å². The number of fused-ring (bicyclic) bond motifs is 1. The summed E-state index contributed by atoms with van der Waals surface area (Å²) in [6, 6.07) is 19.2. The van der Waals surface area contributed by atoms with Gasteiger partial charge in [0.15, 0.2) is 0 Å². The largest absolute Gasteiger partial charge is 0.457 e. The van der Waals surface area contributed by atoms with Crippen molar-refractivity contribution in [2.24, 2.45) is 5.73 Å². The van der Waals surface area contributed by atoms with Gasteiger partial charge in [-0.2, -0.15) is 0 Å². The van der Waals surface area contributed by atoms with E-state index in [1.165, 1.54) is 16.7 Å². The zero-order valence-electron chi connectivity index (χ0n) is 18.9. The number of nitrogens with one attached hydrogen (secondary N) is 2. The minimum Gasteiger partial charge on any atom is -0.457 e. The summed E-state index contributed by atoms with van der Waals surface area (Å²) in [5.74, 6) is 1.40. The van der Waals surface area contributed by atoms with Crippen LogP contribution in [0.3, 0.4) is 0 Å². The van der Waals surface area contributed by atoms with Crippen molar-refractivity contribution in [3.8, 4) is 11.5 Å². The van der Waals surface area contributed by atoms with E-state index in [-0.39, 0.29) is 11.9 Å². The highest BCUT2D eigenvalue weighted by atomic mass is 16.5. The molecule has 5 heteroatoms. The van der Waals surface area contributed by atoms with Gasteiger partial charge in [0, 0.05) is 17.8 Å². The lowest BCUT2D eigenvalue weighted by Gasteiger charge is -2.29. The molecule has 32 heavy (non-hydrogen) atoms. The van der Waals surface area contributed by atoms with Gasteiger partial charge in [-0.1, -0.05) is 35.9 Å². The van der Waals surface area contributed by atoms with Crippen molar-refractivity contribution in [1.29, 1.82) is 0 Å². The smallest absolute Gasteiger partial charge is 0.237 e. The van der Waals surface area contributed by atoms with Gasteiger partial charge in [0.2, 0.25) is 5.91 Å². The van der Waals surface area contributed by atoms with Gasteiger partial charge in [-0.15, -0.1) is 0 Å². The fourth-order valence-electron chi connectivity index (χ4n) is 4.46. The molecule has 1 aliphatic heterocycles. The second kappa shape index (κ2) is 9.45. The van der Waals surface area contributed by atoms with Crippen LogP contribution in [-0.2, 0) is 11.2 Å². The predicted octanol–water partition coefficient (Wildman–Crippen LogP) is 4.95. The first-order chi connectivity index (χ1) is 15.4. The number of para-hydroxylation sites is 1. The van der Waals surface area contributed by atoms with Crippen LogP contribution >= 0.6 is 0 Å². The molecule has 1 unspecified atom stereocenters. The molecule has 3 aromatic rings. The average Bonchev–Trinajstić information content (AvgIpc) is 2.77. The molecule has 1 aliphatic rings. The third kappa shape index (κ3) is 4.94. The molecule has 3 aromatic carbocycles. The molecule has 0 aliphatic carbocycles. The first-order valence-corrected chi connectivity index (χ1v) is 11.1. The lowest BCUT2D eigenvalue weighted by Crippen LogP contribution is -2.44. The number of nitrogens with two attached hydrogens (primary N) is 1. The summed E-state index contributed by atoms with van der Waals surface area (Å²) in [4.78, 5) is 13.0. The monoisotopic (exact) mass is 429 g/mol. The van der Waals surface area contributed by atoms with Crippen LogP contribution in [0.1, 0.15) is 40.3 Å². The quantitative estimate of drug-likeness (QED) is 0.518. The molecule has 1 amide bonds. The zero-order chi connectivity index (χ0) is 22.7. The van der Waals surface area contributed by atoms with Crippen molar-refractivity contribution in [3.05, 3.63) is 88.5 Å². The number of hydrogen-bond donors (Lipinski definition) is 3. The maximum absolute atomic E-state index is 13.0. The van der Waals surface area contributed by atoms with E-state index < -0.39 is 6.04 Å². The molecule has 5 nitrogen and oxygen atoms in total. The fourth-order valence-corrected chi connectivity index (χ4v) is 4.46. The molecule has 0 saturated heterocycles. The summed E-state index contributed by atoms with van der Waals surface area (Å²) in [6.45, 7) is 7.04. The minimum absolute atomic E-state index is 0.107. The van der Waals surface area contributed by atoms with Crippen molar-refractivity contribution in [2.75, 3.05) is 11.9 Å². The van der Waals surface area contributed by atoms with Crippen LogP contribution in [0.4, 0.5) is 5.69 Å². The van der Waals surface area contributed by atoms with Crippen LogP contribution in [0.25, 0.3) is 0 Å². The summed E-state index contributed by atoms with van der Waals surface area (Å²) in [7, 11) is 0. The summed E-state index contributed by atoms with van der Waals surface area (Å²) >= 11 is 0. The van der Waals surface area contributed by atoms with Gasteiger partial charge >= 0.3 is 0 Å². The molecule has 4 rings (SSSR count). The third-order valence-corrected chi connectivity index (χ3v) is 6.04. The highest BCUT2D eigenvalue weighted by Gasteiger charge is 2.25. The molecule has 4 N–H and O–H groups in total. The van der Waals surface area contributed by atoms with E-state index >= 15 is 0 Å². The van der Waals surface area contributed by atoms with Crippen LogP contribution < -0.4 is 21.1 Å². The first-order valence-electron chi connectivity index (χ1n) is 11.1. The van der Waals surface area contributed by atoms with Gasteiger partial charge in [-0.3, -0.25) is 4.79 Å². The number of rotatable bonds is 6. The molecular weight excluding hydrogens is 398 g/mol. The Morgan fingerprint density at radius 2 is 1.78 bits per heavy atom. The van der Waals surface area contributed by atoms with Crippen LogP contribution in [0, 0.1) is 20.8 Å². The van der Waals surface area contributed by atoms with Gasteiger partial charge in [0.05, 0.1) is 12.1 Å². The van der Waals surface area contributed by atoms with E-state index in [1.807, 2.05) is 48.5 Å². The van der Waals surface area contributed by atoms with Crippen molar-refractivity contribution in [3.63, 3.8) is 0 Å². The van der Waals surface area contributed by atoms with Crippen molar-refractivity contribution >= 4 is 11.6 Å². The molecule has 0 fully saturated rings. The van der Waals surface area contributed by atoms with Crippen LogP contribution in [0.2, 0.25) is 0 Å². The number of aryl methyl sites for hydroxylation is 3. The molecule has 0 spiro atoms. The van der Waals surface area contributed by atoms with Gasteiger partial charge in [0.25, 0.3) is 0 Å². The predicted molar refractivity (Wildman–Crippen MR) is 129 cm³/mol. The third-order valence-electron chi connectivity index (χ3n) is 6.04. The van der Waals surface area contributed by atoms with E-state index in [0.29, 0.717) is 6.42 Å². The lowest BCUT2D eigenvalue weighted by atomic mass is 9.93. The summed E-state index contributed by atoms with van der Waals surface area (Å²) in [5, 5.41) is 6.59. The summed E-state index contributed by atoms with van der Waals surface area (Å²) in [5.41, 5.74) is 13.1. The Kier molecular flexibility index (Phi) is 6.47. The lowest BCUT2D eigenvalue weighted by molar-refractivity contribution is -0.123. The van der Waals surface area contributed by atoms with Crippen LogP contribution in [-0.4, -0.2) is 18.5 Å². The number of amides is 1. The van der Waals surface area contributed by atoms with Gasteiger partial charge in [0.1, 0.15) is 11.5 Å². The van der Waals surface area contributed by atoms with E-state index in [9.17, 15) is 4.79 Å². The topological polar surface area (TPSA) is 76.4 Å². The minimum atomic E-state index is -0.600. The Balaban J connectivity index is 1.48. The van der Waals surface area contributed by atoms with Crippen molar-refractivity contribution < 1.29 is 9.53 Å². The summed E-state index contributed by atoms with van der Waals surface area (Å²) < 4.78 is 5.99. The Hall–Kier alpha value is -3.31. The second-order valence-electron chi connectivity index (χ2n) is 8.63.